The molecule has 0 aliphatic rings. The Bertz CT molecular complexity index is 299. The molecule has 0 fully saturated rings. The van der Waals surface area contributed by atoms with Gasteiger partial charge in [0.15, 0.2) is 0 Å². The average Bonchev–Trinajstić information content (AvgIpc) is 2.25. The van der Waals surface area contributed by atoms with Gasteiger partial charge in [-0.3, -0.25) is 0 Å². The molecule has 0 saturated heterocycles. The average molecular weight is 228 g/mol. The van der Waals surface area contributed by atoms with Crippen molar-refractivity contribution in [1.82, 2.24) is 5.32 Å². The van der Waals surface area contributed by atoms with E-state index in [0.717, 1.165) is 17.0 Å². The van der Waals surface area contributed by atoms with Gasteiger partial charge in [-0.2, -0.15) is 0 Å². The minimum Gasteiger partial charge on any atom is -0.395 e. The number of hydrogen-bond acceptors (Lipinski definition) is 2. The molecule has 15 heavy (non-hydrogen) atoms. The molecule has 0 amide bonds. The first-order chi connectivity index (χ1) is 7.17. The maximum Gasteiger partial charge on any atom is 0.0584 e. The van der Waals surface area contributed by atoms with E-state index < -0.39 is 0 Å². The fourth-order valence-electron chi connectivity index (χ4n) is 1.53. The van der Waals surface area contributed by atoms with E-state index >= 15 is 0 Å². The molecule has 0 aromatic heterocycles. The quantitative estimate of drug-likeness (QED) is 0.811. The standard InChI is InChI=1S/C12H18ClNO/c1-3-12(8-15)14-9(2)10-5-4-6-11(13)7-10/h4-7,9,12,14-15H,3,8H2,1-2H3/t9-,12-/m1/s1. The smallest absolute Gasteiger partial charge is 0.0584 e. The summed E-state index contributed by atoms with van der Waals surface area (Å²) in [7, 11) is 0. The molecular weight excluding hydrogens is 210 g/mol. The van der Waals surface area contributed by atoms with Crippen molar-refractivity contribution in [2.45, 2.75) is 32.4 Å². The zero-order valence-corrected chi connectivity index (χ0v) is 9.96. The van der Waals surface area contributed by atoms with Crippen LogP contribution in [0.5, 0.6) is 0 Å². The zero-order valence-electron chi connectivity index (χ0n) is 9.20. The largest absolute Gasteiger partial charge is 0.395 e. The minimum absolute atomic E-state index is 0.152. The molecule has 1 rings (SSSR count). The lowest BCUT2D eigenvalue weighted by Gasteiger charge is -2.20. The highest BCUT2D eigenvalue weighted by Gasteiger charge is 2.10. The number of nitrogens with one attached hydrogen (secondary N) is 1. The van der Waals surface area contributed by atoms with Crippen molar-refractivity contribution in [2.24, 2.45) is 0 Å². The van der Waals surface area contributed by atoms with Crippen molar-refractivity contribution >= 4 is 11.6 Å². The molecule has 84 valence electrons. The predicted octanol–water partition coefficient (Wildman–Crippen LogP) is 2.76. The van der Waals surface area contributed by atoms with Crippen LogP contribution in [0.3, 0.4) is 0 Å². The monoisotopic (exact) mass is 227 g/mol. The molecule has 2 atom stereocenters. The molecule has 0 aliphatic heterocycles. The third-order valence-electron chi connectivity index (χ3n) is 2.55. The number of halogens is 1. The van der Waals surface area contributed by atoms with Crippen molar-refractivity contribution in [1.29, 1.82) is 0 Å². The lowest BCUT2D eigenvalue weighted by atomic mass is 10.1. The third kappa shape index (κ3) is 3.82. The van der Waals surface area contributed by atoms with Crippen LogP contribution in [0.1, 0.15) is 31.9 Å². The van der Waals surface area contributed by atoms with E-state index in [-0.39, 0.29) is 18.7 Å². The molecule has 0 saturated carbocycles. The summed E-state index contributed by atoms with van der Waals surface area (Å²) in [6.07, 6.45) is 0.918. The normalized spacial score (nSPS) is 14.9. The molecule has 2 N–H and O–H groups in total. The van der Waals surface area contributed by atoms with Gasteiger partial charge in [0.05, 0.1) is 6.61 Å². The van der Waals surface area contributed by atoms with E-state index in [1.54, 1.807) is 0 Å². The molecule has 3 heteroatoms. The zero-order chi connectivity index (χ0) is 11.3. The maximum atomic E-state index is 9.09. The second kappa shape index (κ2) is 6.11. The van der Waals surface area contributed by atoms with Gasteiger partial charge in [0, 0.05) is 17.1 Å². The van der Waals surface area contributed by atoms with Gasteiger partial charge in [0.1, 0.15) is 0 Å². The fraction of sp³-hybridized carbons (Fsp3) is 0.500. The Balaban J connectivity index is 2.64. The first-order valence-corrected chi connectivity index (χ1v) is 5.67. The van der Waals surface area contributed by atoms with Gasteiger partial charge >= 0.3 is 0 Å². The summed E-state index contributed by atoms with van der Waals surface area (Å²) in [5.74, 6) is 0. The summed E-state index contributed by atoms with van der Waals surface area (Å²) >= 11 is 5.92. The topological polar surface area (TPSA) is 32.3 Å². The second-order valence-corrected chi connectivity index (χ2v) is 4.17. The lowest BCUT2D eigenvalue weighted by Crippen LogP contribution is -2.33. The molecule has 1 aromatic carbocycles. The van der Waals surface area contributed by atoms with Crippen LogP contribution < -0.4 is 5.32 Å². The first kappa shape index (κ1) is 12.5. The van der Waals surface area contributed by atoms with Crippen molar-refractivity contribution in [2.75, 3.05) is 6.61 Å². The number of rotatable bonds is 5. The summed E-state index contributed by atoms with van der Waals surface area (Å²) < 4.78 is 0. The van der Waals surface area contributed by atoms with Gasteiger partial charge in [-0.1, -0.05) is 30.7 Å². The van der Waals surface area contributed by atoms with Gasteiger partial charge in [0.2, 0.25) is 0 Å². The summed E-state index contributed by atoms with van der Waals surface area (Å²) in [6.45, 7) is 4.30. The molecule has 0 heterocycles. The lowest BCUT2D eigenvalue weighted by molar-refractivity contribution is 0.230. The van der Waals surface area contributed by atoms with E-state index in [0.29, 0.717) is 0 Å². The maximum absolute atomic E-state index is 9.09. The first-order valence-electron chi connectivity index (χ1n) is 5.29. The van der Waals surface area contributed by atoms with Crippen LogP contribution in [0, 0.1) is 0 Å². The van der Waals surface area contributed by atoms with Crippen LogP contribution >= 0.6 is 11.6 Å². The fourth-order valence-corrected chi connectivity index (χ4v) is 1.72. The number of hydrogen-bond donors (Lipinski definition) is 2. The molecule has 0 aliphatic carbocycles. The molecule has 0 bridgehead atoms. The number of aliphatic hydroxyl groups excluding tert-OH is 1. The van der Waals surface area contributed by atoms with Gasteiger partial charge in [0.25, 0.3) is 0 Å². The molecule has 0 radical (unpaired) electrons. The summed E-state index contributed by atoms with van der Waals surface area (Å²) in [5.41, 5.74) is 1.15. The molecular formula is C12H18ClNO. The Morgan fingerprint density at radius 1 is 1.47 bits per heavy atom. The van der Waals surface area contributed by atoms with Gasteiger partial charge in [-0.05, 0) is 31.0 Å². The summed E-state index contributed by atoms with van der Waals surface area (Å²) in [5, 5.41) is 13.2. The van der Waals surface area contributed by atoms with Crippen molar-refractivity contribution in [3.8, 4) is 0 Å². The van der Waals surface area contributed by atoms with Crippen LogP contribution in [-0.4, -0.2) is 17.8 Å². The van der Waals surface area contributed by atoms with Gasteiger partial charge in [-0.15, -0.1) is 0 Å². The molecule has 0 unspecified atom stereocenters. The minimum atomic E-state index is 0.152. The van der Waals surface area contributed by atoms with Crippen LogP contribution in [0.4, 0.5) is 0 Å². The Morgan fingerprint density at radius 2 is 2.20 bits per heavy atom. The van der Waals surface area contributed by atoms with Crippen molar-refractivity contribution < 1.29 is 5.11 Å². The SMILES string of the molecule is CC[C@H](CO)N[C@H](C)c1cccc(Cl)c1. The molecule has 2 nitrogen and oxygen atoms in total. The Morgan fingerprint density at radius 3 is 2.73 bits per heavy atom. The van der Waals surface area contributed by atoms with Crippen LogP contribution in [0.15, 0.2) is 24.3 Å². The number of aliphatic hydroxyl groups is 1. The number of benzene rings is 1. The predicted molar refractivity (Wildman–Crippen MR) is 64.2 cm³/mol. The van der Waals surface area contributed by atoms with Crippen LogP contribution in [0.25, 0.3) is 0 Å². The van der Waals surface area contributed by atoms with Gasteiger partial charge < -0.3 is 10.4 Å². The highest BCUT2D eigenvalue weighted by Crippen LogP contribution is 2.17. The second-order valence-electron chi connectivity index (χ2n) is 3.73. The van der Waals surface area contributed by atoms with E-state index in [1.807, 2.05) is 24.3 Å². The molecule has 0 spiro atoms. The van der Waals surface area contributed by atoms with Crippen LogP contribution in [-0.2, 0) is 0 Å². The summed E-state index contributed by atoms with van der Waals surface area (Å²) in [4.78, 5) is 0. The highest BCUT2D eigenvalue weighted by molar-refractivity contribution is 6.30. The molecule has 1 aromatic rings. The van der Waals surface area contributed by atoms with Crippen molar-refractivity contribution in [3.05, 3.63) is 34.9 Å². The van der Waals surface area contributed by atoms with E-state index in [2.05, 4.69) is 19.2 Å². The highest BCUT2D eigenvalue weighted by atomic mass is 35.5. The van der Waals surface area contributed by atoms with Crippen LogP contribution in [0.2, 0.25) is 5.02 Å². The van der Waals surface area contributed by atoms with E-state index in [4.69, 9.17) is 16.7 Å². The Kier molecular flexibility index (Phi) is 5.09. The van der Waals surface area contributed by atoms with E-state index in [1.165, 1.54) is 0 Å². The van der Waals surface area contributed by atoms with E-state index in [9.17, 15) is 0 Å². The Hall–Kier alpha value is -0.570. The summed E-state index contributed by atoms with van der Waals surface area (Å²) in [6, 6.07) is 8.15. The third-order valence-corrected chi connectivity index (χ3v) is 2.78. The van der Waals surface area contributed by atoms with Crippen molar-refractivity contribution in [3.63, 3.8) is 0 Å². The van der Waals surface area contributed by atoms with Gasteiger partial charge in [-0.25, -0.2) is 0 Å². The Labute approximate surface area is 96.3 Å².